The van der Waals surface area contributed by atoms with E-state index in [0.717, 1.165) is 26.1 Å². The largest absolute Gasteiger partial charge is 0.392 e. The van der Waals surface area contributed by atoms with Crippen LogP contribution in [-0.4, -0.2) is 42.4 Å². The minimum Gasteiger partial charge on any atom is -0.392 e. The predicted molar refractivity (Wildman–Crippen MR) is 79.4 cm³/mol. The van der Waals surface area contributed by atoms with Gasteiger partial charge in [-0.2, -0.15) is 0 Å². The SMILES string of the molecule is C[C@H](O)CNCCNCCc1c[nH]c2ccccc12. The van der Waals surface area contributed by atoms with E-state index in [1.165, 1.54) is 16.5 Å². The number of benzene rings is 1. The third-order valence-corrected chi connectivity index (χ3v) is 3.16. The molecule has 0 unspecified atom stereocenters. The van der Waals surface area contributed by atoms with E-state index in [1.54, 1.807) is 6.92 Å². The molecule has 0 radical (unpaired) electrons. The summed E-state index contributed by atoms with van der Waals surface area (Å²) in [5.74, 6) is 0. The van der Waals surface area contributed by atoms with Gasteiger partial charge in [0.1, 0.15) is 0 Å². The summed E-state index contributed by atoms with van der Waals surface area (Å²) in [6.07, 6.45) is 2.85. The molecule has 104 valence electrons. The second-order valence-corrected chi connectivity index (χ2v) is 4.91. The van der Waals surface area contributed by atoms with Crippen molar-refractivity contribution in [3.8, 4) is 0 Å². The highest BCUT2D eigenvalue weighted by Gasteiger charge is 2.01. The Balaban J connectivity index is 1.66. The number of para-hydroxylation sites is 1. The first-order valence-corrected chi connectivity index (χ1v) is 6.92. The van der Waals surface area contributed by atoms with Crippen molar-refractivity contribution < 1.29 is 5.11 Å². The van der Waals surface area contributed by atoms with E-state index in [0.29, 0.717) is 6.54 Å². The van der Waals surface area contributed by atoms with Crippen LogP contribution < -0.4 is 10.6 Å². The average molecular weight is 261 g/mol. The average Bonchev–Trinajstić information content (AvgIpc) is 2.81. The van der Waals surface area contributed by atoms with Gasteiger partial charge in [0, 0.05) is 36.7 Å². The van der Waals surface area contributed by atoms with Gasteiger partial charge in [0.15, 0.2) is 0 Å². The molecule has 4 N–H and O–H groups in total. The molecule has 1 atom stereocenters. The van der Waals surface area contributed by atoms with Crippen LogP contribution in [0, 0.1) is 0 Å². The minimum atomic E-state index is -0.272. The van der Waals surface area contributed by atoms with Gasteiger partial charge >= 0.3 is 0 Å². The van der Waals surface area contributed by atoms with Crippen molar-refractivity contribution in [2.75, 3.05) is 26.2 Å². The number of H-pyrrole nitrogens is 1. The first-order chi connectivity index (χ1) is 9.27. The highest BCUT2D eigenvalue weighted by Crippen LogP contribution is 2.17. The Bertz CT molecular complexity index is 493. The van der Waals surface area contributed by atoms with Crippen LogP contribution in [0.3, 0.4) is 0 Å². The van der Waals surface area contributed by atoms with Crippen molar-refractivity contribution in [1.29, 1.82) is 0 Å². The number of hydrogen-bond acceptors (Lipinski definition) is 3. The molecule has 0 spiro atoms. The second-order valence-electron chi connectivity index (χ2n) is 4.91. The minimum absolute atomic E-state index is 0.272. The van der Waals surface area contributed by atoms with Crippen molar-refractivity contribution in [1.82, 2.24) is 15.6 Å². The number of nitrogens with one attached hydrogen (secondary N) is 3. The lowest BCUT2D eigenvalue weighted by Gasteiger charge is -2.07. The number of aliphatic hydroxyl groups excluding tert-OH is 1. The lowest BCUT2D eigenvalue weighted by atomic mass is 10.1. The summed E-state index contributed by atoms with van der Waals surface area (Å²) in [5.41, 5.74) is 2.57. The van der Waals surface area contributed by atoms with Crippen molar-refractivity contribution in [3.63, 3.8) is 0 Å². The molecule has 0 aliphatic rings. The standard InChI is InChI=1S/C15H23N3O/c1-12(19)10-17-9-8-16-7-6-13-11-18-15-5-3-2-4-14(13)15/h2-5,11-12,16-19H,6-10H2,1H3/t12-/m0/s1. The van der Waals surface area contributed by atoms with Crippen molar-refractivity contribution in [2.45, 2.75) is 19.4 Å². The maximum atomic E-state index is 9.09. The zero-order valence-electron chi connectivity index (χ0n) is 11.4. The van der Waals surface area contributed by atoms with Crippen LogP contribution in [-0.2, 0) is 6.42 Å². The van der Waals surface area contributed by atoms with Crippen molar-refractivity contribution in [3.05, 3.63) is 36.0 Å². The van der Waals surface area contributed by atoms with Gasteiger partial charge in [-0.05, 0) is 31.5 Å². The summed E-state index contributed by atoms with van der Waals surface area (Å²) in [5, 5.41) is 17.0. The Morgan fingerprint density at radius 2 is 1.95 bits per heavy atom. The first-order valence-electron chi connectivity index (χ1n) is 6.92. The fraction of sp³-hybridized carbons (Fsp3) is 0.467. The predicted octanol–water partition coefficient (Wildman–Crippen LogP) is 1.27. The molecule has 4 heteroatoms. The topological polar surface area (TPSA) is 60.1 Å². The third-order valence-electron chi connectivity index (χ3n) is 3.16. The molecule has 19 heavy (non-hydrogen) atoms. The molecular weight excluding hydrogens is 238 g/mol. The molecule has 0 amide bonds. The number of aromatic nitrogens is 1. The summed E-state index contributed by atoms with van der Waals surface area (Å²) < 4.78 is 0. The summed E-state index contributed by atoms with van der Waals surface area (Å²) in [6.45, 7) is 5.23. The van der Waals surface area contributed by atoms with Gasteiger partial charge in [0.05, 0.1) is 6.10 Å². The third kappa shape index (κ3) is 4.35. The molecule has 0 aliphatic carbocycles. The fourth-order valence-electron chi connectivity index (χ4n) is 2.17. The second kappa shape index (κ2) is 7.28. The van der Waals surface area contributed by atoms with Crippen LogP contribution in [0.15, 0.2) is 30.5 Å². The van der Waals surface area contributed by atoms with Crippen LogP contribution in [0.2, 0.25) is 0 Å². The molecule has 0 fully saturated rings. The monoisotopic (exact) mass is 261 g/mol. The number of aliphatic hydroxyl groups is 1. The molecule has 4 nitrogen and oxygen atoms in total. The van der Waals surface area contributed by atoms with E-state index < -0.39 is 0 Å². The summed E-state index contributed by atoms with van der Waals surface area (Å²) in [7, 11) is 0. The van der Waals surface area contributed by atoms with Gasteiger partial charge in [0.2, 0.25) is 0 Å². The van der Waals surface area contributed by atoms with E-state index >= 15 is 0 Å². The lowest BCUT2D eigenvalue weighted by molar-refractivity contribution is 0.191. The normalized spacial score (nSPS) is 12.9. The van der Waals surface area contributed by atoms with Crippen LogP contribution in [0.5, 0.6) is 0 Å². The van der Waals surface area contributed by atoms with Crippen LogP contribution in [0.25, 0.3) is 10.9 Å². The fourth-order valence-corrected chi connectivity index (χ4v) is 2.17. The van der Waals surface area contributed by atoms with E-state index in [1.807, 2.05) is 0 Å². The summed E-state index contributed by atoms with van der Waals surface area (Å²) >= 11 is 0. The highest BCUT2D eigenvalue weighted by molar-refractivity contribution is 5.83. The molecule has 2 rings (SSSR count). The van der Waals surface area contributed by atoms with Gasteiger partial charge < -0.3 is 20.7 Å². The molecule has 2 aromatic rings. The zero-order chi connectivity index (χ0) is 13.5. The molecule has 1 aromatic heterocycles. The maximum absolute atomic E-state index is 9.09. The zero-order valence-corrected chi connectivity index (χ0v) is 11.4. The lowest BCUT2D eigenvalue weighted by Crippen LogP contribution is -2.32. The van der Waals surface area contributed by atoms with E-state index in [4.69, 9.17) is 5.11 Å². The van der Waals surface area contributed by atoms with E-state index in [-0.39, 0.29) is 6.10 Å². The first kappa shape index (κ1) is 14.1. The van der Waals surface area contributed by atoms with Crippen molar-refractivity contribution >= 4 is 10.9 Å². The molecule has 0 saturated carbocycles. The van der Waals surface area contributed by atoms with Gasteiger partial charge in [-0.25, -0.2) is 0 Å². The smallest absolute Gasteiger partial charge is 0.0636 e. The molecule has 0 saturated heterocycles. The Kier molecular flexibility index (Phi) is 5.39. The Hall–Kier alpha value is -1.36. The Labute approximate surface area is 114 Å². The number of aromatic amines is 1. The van der Waals surface area contributed by atoms with Gasteiger partial charge in [-0.3, -0.25) is 0 Å². The van der Waals surface area contributed by atoms with E-state index in [9.17, 15) is 0 Å². The van der Waals surface area contributed by atoms with Crippen LogP contribution >= 0.6 is 0 Å². The molecular formula is C15H23N3O. The highest BCUT2D eigenvalue weighted by atomic mass is 16.3. The van der Waals surface area contributed by atoms with Gasteiger partial charge in [-0.1, -0.05) is 18.2 Å². The molecule has 1 heterocycles. The number of fused-ring (bicyclic) bond motifs is 1. The number of hydrogen-bond donors (Lipinski definition) is 4. The maximum Gasteiger partial charge on any atom is 0.0636 e. The quantitative estimate of drug-likeness (QED) is 0.541. The molecule has 0 aliphatic heterocycles. The summed E-state index contributed by atoms with van der Waals surface area (Å²) in [6, 6.07) is 8.39. The van der Waals surface area contributed by atoms with Gasteiger partial charge in [-0.15, -0.1) is 0 Å². The Morgan fingerprint density at radius 1 is 1.16 bits per heavy atom. The number of rotatable bonds is 8. The molecule has 1 aromatic carbocycles. The van der Waals surface area contributed by atoms with Crippen LogP contribution in [0.4, 0.5) is 0 Å². The summed E-state index contributed by atoms with van der Waals surface area (Å²) in [4.78, 5) is 3.29. The van der Waals surface area contributed by atoms with Crippen LogP contribution in [0.1, 0.15) is 12.5 Å². The van der Waals surface area contributed by atoms with Crippen molar-refractivity contribution in [2.24, 2.45) is 0 Å². The van der Waals surface area contributed by atoms with Gasteiger partial charge in [0.25, 0.3) is 0 Å². The Morgan fingerprint density at radius 3 is 2.79 bits per heavy atom. The van der Waals surface area contributed by atoms with E-state index in [2.05, 4.69) is 46.1 Å². The molecule has 0 bridgehead atoms.